The summed E-state index contributed by atoms with van der Waals surface area (Å²) in [6, 6.07) is 4.58. The number of aliphatic hydroxyl groups is 4. The van der Waals surface area contributed by atoms with Crippen molar-refractivity contribution in [3.05, 3.63) is 35.4 Å². The lowest BCUT2D eigenvalue weighted by atomic mass is 9.99. The number of aromatic hydroxyl groups is 1. The molecule has 5 atom stereocenters. The smallest absolute Gasteiger partial charge is 0.229 e. The number of phenolic OH excluding ortho intramolecular Hbond substituents is 1. The SMILES string of the molecule is CC(C)=CCc1cc(O[C@H]2O[C@H](CO)[C@@H](O)[C@H](O)[C@H]2O)ccc1O. The molecule has 7 nitrogen and oxygen atoms in total. The molecule has 0 aliphatic carbocycles. The third kappa shape index (κ3) is 4.25. The van der Waals surface area contributed by atoms with E-state index in [1.165, 1.54) is 12.1 Å². The van der Waals surface area contributed by atoms with E-state index in [4.69, 9.17) is 9.47 Å². The lowest BCUT2D eigenvalue weighted by Gasteiger charge is -2.39. The van der Waals surface area contributed by atoms with E-state index in [9.17, 15) is 25.5 Å². The molecule has 134 valence electrons. The van der Waals surface area contributed by atoms with E-state index in [-0.39, 0.29) is 5.75 Å². The number of hydrogen-bond donors (Lipinski definition) is 5. The summed E-state index contributed by atoms with van der Waals surface area (Å²) in [5, 5.41) is 48.6. The maximum atomic E-state index is 9.98. The van der Waals surface area contributed by atoms with Crippen LogP contribution in [0.4, 0.5) is 0 Å². The molecule has 1 fully saturated rings. The van der Waals surface area contributed by atoms with Crippen LogP contribution in [0.25, 0.3) is 0 Å². The molecule has 1 heterocycles. The number of ether oxygens (including phenoxy) is 2. The molecular weight excluding hydrogens is 316 g/mol. The van der Waals surface area contributed by atoms with E-state index in [2.05, 4.69) is 0 Å². The zero-order valence-electron chi connectivity index (χ0n) is 13.7. The van der Waals surface area contributed by atoms with Gasteiger partial charge in [0.15, 0.2) is 0 Å². The van der Waals surface area contributed by atoms with Gasteiger partial charge in [-0.15, -0.1) is 0 Å². The molecule has 0 bridgehead atoms. The summed E-state index contributed by atoms with van der Waals surface area (Å²) in [5.41, 5.74) is 1.74. The minimum atomic E-state index is -1.50. The second-order valence-corrected chi connectivity index (χ2v) is 6.09. The first-order valence-electron chi connectivity index (χ1n) is 7.76. The zero-order chi connectivity index (χ0) is 17.9. The van der Waals surface area contributed by atoms with Crippen LogP contribution in [-0.2, 0) is 11.2 Å². The number of hydrogen-bond acceptors (Lipinski definition) is 7. The second-order valence-electron chi connectivity index (χ2n) is 6.09. The highest BCUT2D eigenvalue weighted by atomic mass is 16.7. The van der Waals surface area contributed by atoms with E-state index in [0.29, 0.717) is 17.7 Å². The maximum Gasteiger partial charge on any atom is 0.229 e. The lowest BCUT2D eigenvalue weighted by molar-refractivity contribution is -0.277. The van der Waals surface area contributed by atoms with Gasteiger partial charge in [-0.2, -0.15) is 0 Å². The molecule has 2 rings (SSSR count). The fourth-order valence-electron chi connectivity index (χ4n) is 2.41. The predicted octanol–water partition coefficient (Wildman–Crippen LogP) is 0.0796. The molecule has 24 heavy (non-hydrogen) atoms. The fraction of sp³-hybridized carbons (Fsp3) is 0.529. The first-order valence-corrected chi connectivity index (χ1v) is 7.76. The highest BCUT2D eigenvalue weighted by molar-refractivity contribution is 5.40. The van der Waals surface area contributed by atoms with Crippen molar-refractivity contribution in [2.45, 2.75) is 51.0 Å². The van der Waals surface area contributed by atoms with E-state index < -0.39 is 37.3 Å². The van der Waals surface area contributed by atoms with Crippen LogP contribution in [0.1, 0.15) is 19.4 Å². The molecular formula is C17H24O7. The van der Waals surface area contributed by atoms with Crippen molar-refractivity contribution in [1.29, 1.82) is 0 Å². The van der Waals surface area contributed by atoms with Crippen molar-refractivity contribution < 1.29 is 35.0 Å². The summed E-state index contributed by atoms with van der Waals surface area (Å²) in [5.74, 6) is 0.447. The Morgan fingerprint density at radius 1 is 1.17 bits per heavy atom. The first kappa shape index (κ1) is 18.7. The van der Waals surface area contributed by atoms with Crippen LogP contribution >= 0.6 is 0 Å². The average molecular weight is 340 g/mol. The number of allylic oxidation sites excluding steroid dienone is 2. The summed E-state index contributed by atoms with van der Waals surface area (Å²) >= 11 is 0. The molecule has 0 saturated carbocycles. The highest BCUT2D eigenvalue weighted by Crippen LogP contribution is 2.28. The Kier molecular flexibility index (Phi) is 6.20. The van der Waals surface area contributed by atoms with E-state index in [1.807, 2.05) is 19.9 Å². The third-order valence-electron chi connectivity index (χ3n) is 3.88. The Labute approximate surface area is 140 Å². The molecule has 1 aromatic carbocycles. The van der Waals surface area contributed by atoms with Crippen LogP contribution < -0.4 is 4.74 Å². The van der Waals surface area contributed by atoms with Gasteiger partial charge in [-0.05, 0) is 38.5 Å². The second kappa shape index (κ2) is 7.96. The van der Waals surface area contributed by atoms with Gasteiger partial charge in [-0.3, -0.25) is 0 Å². The van der Waals surface area contributed by atoms with Crippen molar-refractivity contribution >= 4 is 0 Å². The van der Waals surface area contributed by atoms with Crippen LogP contribution in [-0.4, -0.2) is 62.8 Å². The molecule has 0 amide bonds. The van der Waals surface area contributed by atoms with Gasteiger partial charge >= 0.3 is 0 Å². The first-order chi connectivity index (χ1) is 11.3. The number of rotatable bonds is 5. The van der Waals surface area contributed by atoms with Crippen LogP contribution in [0.2, 0.25) is 0 Å². The van der Waals surface area contributed by atoms with E-state index in [0.717, 1.165) is 5.57 Å². The summed E-state index contributed by atoms with van der Waals surface area (Å²) in [4.78, 5) is 0. The molecule has 5 N–H and O–H groups in total. The van der Waals surface area contributed by atoms with E-state index >= 15 is 0 Å². The third-order valence-corrected chi connectivity index (χ3v) is 3.88. The highest BCUT2D eigenvalue weighted by Gasteiger charge is 2.44. The molecule has 1 aliphatic heterocycles. The van der Waals surface area contributed by atoms with Gasteiger partial charge in [0.25, 0.3) is 0 Å². The monoisotopic (exact) mass is 340 g/mol. The zero-order valence-corrected chi connectivity index (χ0v) is 13.7. The number of benzene rings is 1. The van der Waals surface area contributed by atoms with Gasteiger partial charge < -0.3 is 35.0 Å². The molecule has 0 unspecified atom stereocenters. The Hall–Kier alpha value is -1.64. The van der Waals surface area contributed by atoms with Crippen molar-refractivity contribution in [3.63, 3.8) is 0 Å². The van der Waals surface area contributed by atoms with Crippen LogP contribution in [0.3, 0.4) is 0 Å². The molecule has 0 spiro atoms. The quantitative estimate of drug-likeness (QED) is 0.482. The van der Waals surface area contributed by atoms with Gasteiger partial charge in [-0.1, -0.05) is 11.6 Å². The minimum absolute atomic E-state index is 0.119. The van der Waals surface area contributed by atoms with Crippen LogP contribution in [0.5, 0.6) is 11.5 Å². The number of aliphatic hydroxyl groups excluding tert-OH is 4. The standard InChI is InChI=1S/C17H24O7/c1-9(2)3-4-10-7-11(5-6-12(10)19)23-17-16(22)15(21)14(20)13(8-18)24-17/h3,5-7,13-22H,4,8H2,1-2H3/t13-,14-,15+,16-,17+/m1/s1. The molecule has 0 aromatic heterocycles. The minimum Gasteiger partial charge on any atom is -0.508 e. The largest absolute Gasteiger partial charge is 0.508 e. The molecule has 1 aliphatic rings. The molecule has 0 radical (unpaired) electrons. The van der Waals surface area contributed by atoms with Crippen molar-refractivity contribution in [3.8, 4) is 11.5 Å². The van der Waals surface area contributed by atoms with Gasteiger partial charge in [0, 0.05) is 5.56 Å². The van der Waals surface area contributed by atoms with Crippen LogP contribution in [0, 0.1) is 0 Å². The van der Waals surface area contributed by atoms with Gasteiger partial charge in [-0.25, -0.2) is 0 Å². The molecule has 1 saturated heterocycles. The van der Waals surface area contributed by atoms with Gasteiger partial charge in [0.1, 0.15) is 35.9 Å². The summed E-state index contributed by atoms with van der Waals surface area (Å²) < 4.78 is 10.8. The average Bonchev–Trinajstić information content (AvgIpc) is 2.55. The maximum absolute atomic E-state index is 9.98. The van der Waals surface area contributed by atoms with Crippen molar-refractivity contribution in [2.24, 2.45) is 0 Å². The summed E-state index contributed by atoms with van der Waals surface area (Å²) in [6.07, 6.45) is -4.22. The van der Waals surface area contributed by atoms with Crippen molar-refractivity contribution in [1.82, 2.24) is 0 Å². The topological polar surface area (TPSA) is 120 Å². The Morgan fingerprint density at radius 2 is 1.88 bits per heavy atom. The normalized spacial score (nSPS) is 30.0. The fourth-order valence-corrected chi connectivity index (χ4v) is 2.41. The van der Waals surface area contributed by atoms with Gasteiger partial charge in [0.2, 0.25) is 6.29 Å². The predicted molar refractivity (Wildman–Crippen MR) is 85.6 cm³/mol. The van der Waals surface area contributed by atoms with E-state index in [1.54, 1.807) is 6.07 Å². The van der Waals surface area contributed by atoms with Crippen LogP contribution in [0.15, 0.2) is 29.8 Å². The molecule has 7 heteroatoms. The van der Waals surface area contributed by atoms with Crippen molar-refractivity contribution in [2.75, 3.05) is 6.61 Å². The summed E-state index contributed by atoms with van der Waals surface area (Å²) in [6.45, 7) is 3.38. The Morgan fingerprint density at radius 3 is 2.50 bits per heavy atom. The summed E-state index contributed by atoms with van der Waals surface area (Å²) in [7, 11) is 0. The number of phenols is 1. The Balaban J connectivity index is 2.15. The lowest BCUT2D eigenvalue weighted by Crippen LogP contribution is -2.60. The molecule has 1 aromatic rings. The van der Waals surface area contributed by atoms with Gasteiger partial charge in [0.05, 0.1) is 6.61 Å². The Bertz CT molecular complexity index is 580.